The van der Waals surface area contributed by atoms with Crippen molar-refractivity contribution in [2.24, 2.45) is 0 Å². The number of piperidine rings is 1. The first kappa shape index (κ1) is 11.0. The summed E-state index contributed by atoms with van der Waals surface area (Å²) in [5, 5.41) is 3.77. The molecule has 1 atom stereocenters. The molecule has 1 unspecified atom stereocenters. The SMILES string of the molecule is c1ncn(C2CCNC3(CCC3)C2)c1C1CCC1. The fourth-order valence-corrected chi connectivity index (χ4v) is 3.99. The van der Waals surface area contributed by atoms with Crippen LogP contribution in [0.4, 0.5) is 0 Å². The summed E-state index contributed by atoms with van der Waals surface area (Å²) in [4.78, 5) is 4.43. The van der Waals surface area contributed by atoms with Crippen molar-refractivity contribution in [1.29, 1.82) is 0 Å². The van der Waals surface area contributed by atoms with Crippen molar-refractivity contribution >= 4 is 0 Å². The standard InChI is InChI=1S/C15H23N3/c1-3-12(4-1)14-10-16-11-18(14)13-5-8-17-15(9-13)6-2-7-15/h10-13,17H,1-9H2. The van der Waals surface area contributed by atoms with Crippen LogP contribution in [0.5, 0.6) is 0 Å². The van der Waals surface area contributed by atoms with Crippen LogP contribution in [0.3, 0.4) is 0 Å². The molecule has 1 spiro atoms. The second-order valence-electron chi connectivity index (χ2n) is 6.56. The molecule has 3 heteroatoms. The third-order valence-electron chi connectivity index (χ3n) is 5.53. The van der Waals surface area contributed by atoms with Gasteiger partial charge in [0.05, 0.1) is 6.33 Å². The van der Waals surface area contributed by atoms with Gasteiger partial charge in [-0.3, -0.25) is 0 Å². The lowest BCUT2D eigenvalue weighted by atomic mass is 9.70. The lowest BCUT2D eigenvalue weighted by Crippen LogP contribution is -2.55. The molecule has 3 aliphatic rings. The van der Waals surface area contributed by atoms with Crippen molar-refractivity contribution in [3.8, 4) is 0 Å². The van der Waals surface area contributed by atoms with Crippen molar-refractivity contribution < 1.29 is 0 Å². The summed E-state index contributed by atoms with van der Waals surface area (Å²) in [6, 6.07) is 0.699. The smallest absolute Gasteiger partial charge is 0.0950 e. The maximum atomic E-state index is 4.43. The Morgan fingerprint density at radius 3 is 2.78 bits per heavy atom. The van der Waals surface area contributed by atoms with Crippen LogP contribution >= 0.6 is 0 Å². The van der Waals surface area contributed by atoms with Crippen molar-refractivity contribution in [3.05, 3.63) is 18.2 Å². The Kier molecular flexibility index (Phi) is 2.51. The van der Waals surface area contributed by atoms with E-state index in [2.05, 4.69) is 27.4 Å². The molecule has 1 aromatic heterocycles. The molecule has 1 aromatic rings. The summed E-state index contributed by atoms with van der Waals surface area (Å²) in [6.45, 7) is 1.19. The topological polar surface area (TPSA) is 29.9 Å². The van der Waals surface area contributed by atoms with Gasteiger partial charge in [0.25, 0.3) is 0 Å². The molecule has 1 N–H and O–H groups in total. The molecule has 2 heterocycles. The van der Waals surface area contributed by atoms with E-state index in [9.17, 15) is 0 Å². The lowest BCUT2D eigenvalue weighted by Gasteiger charge is -2.49. The summed E-state index contributed by atoms with van der Waals surface area (Å²) >= 11 is 0. The van der Waals surface area contributed by atoms with E-state index in [0.29, 0.717) is 11.6 Å². The summed E-state index contributed by atoms with van der Waals surface area (Å²) in [5.41, 5.74) is 2.01. The molecule has 4 rings (SSSR count). The lowest BCUT2D eigenvalue weighted by molar-refractivity contribution is 0.108. The van der Waals surface area contributed by atoms with Crippen LogP contribution in [0.2, 0.25) is 0 Å². The van der Waals surface area contributed by atoms with E-state index in [0.717, 1.165) is 5.92 Å². The van der Waals surface area contributed by atoms with Crippen LogP contribution in [0.15, 0.2) is 12.5 Å². The van der Waals surface area contributed by atoms with E-state index in [1.807, 2.05) is 0 Å². The Morgan fingerprint density at radius 2 is 2.11 bits per heavy atom. The summed E-state index contributed by atoms with van der Waals surface area (Å²) in [7, 11) is 0. The Hall–Kier alpha value is -0.830. The zero-order chi connectivity index (χ0) is 12.0. The van der Waals surface area contributed by atoms with Crippen LogP contribution in [0, 0.1) is 0 Å². The minimum absolute atomic E-state index is 0.490. The summed E-state index contributed by atoms with van der Waals surface area (Å²) in [6.07, 6.45) is 15.2. The van der Waals surface area contributed by atoms with Crippen molar-refractivity contribution in [2.75, 3.05) is 6.54 Å². The van der Waals surface area contributed by atoms with Crippen LogP contribution in [-0.2, 0) is 0 Å². The van der Waals surface area contributed by atoms with Crippen LogP contribution in [-0.4, -0.2) is 21.6 Å². The highest BCUT2D eigenvalue weighted by Crippen LogP contribution is 2.44. The van der Waals surface area contributed by atoms with E-state index < -0.39 is 0 Å². The van der Waals surface area contributed by atoms with E-state index >= 15 is 0 Å². The zero-order valence-electron chi connectivity index (χ0n) is 11.1. The molecule has 0 aromatic carbocycles. The number of hydrogen-bond acceptors (Lipinski definition) is 2. The number of nitrogens with one attached hydrogen (secondary N) is 1. The molecule has 1 aliphatic heterocycles. The first-order valence-corrected chi connectivity index (χ1v) is 7.63. The van der Waals surface area contributed by atoms with Gasteiger partial charge in [-0.05, 0) is 51.5 Å². The molecule has 18 heavy (non-hydrogen) atoms. The van der Waals surface area contributed by atoms with Gasteiger partial charge < -0.3 is 9.88 Å². The molecule has 0 amide bonds. The van der Waals surface area contributed by atoms with E-state index in [-0.39, 0.29) is 0 Å². The average molecular weight is 245 g/mol. The molecule has 98 valence electrons. The Morgan fingerprint density at radius 1 is 1.22 bits per heavy atom. The monoisotopic (exact) mass is 245 g/mol. The number of imidazole rings is 1. The molecule has 2 saturated carbocycles. The average Bonchev–Trinajstić information content (AvgIpc) is 2.74. The fraction of sp³-hybridized carbons (Fsp3) is 0.800. The van der Waals surface area contributed by atoms with Crippen LogP contribution < -0.4 is 5.32 Å². The van der Waals surface area contributed by atoms with Gasteiger partial charge in [0, 0.05) is 29.4 Å². The molecule has 3 nitrogen and oxygen atoms in total. The molecule has 0 radical (unpaired) electrons. The Bertz CT molecular complexity index is 429. The van der Waals surface area contributed by atoms with Crippen molar-refractivity contribution in [3.63, 3.8) is 0 Å². The molecule has 2 aliphatic carbocycles. The van der Waals surface area contributed by atoms with Crippen LogP contribution in [0.1, 0.15) is 69.0 Å². The Labute approximate surface area is 109 Å². The van der Waals surface area contributed by atoms with Gasteiger partial charge in [0.1, 0.15) is 0 Å². The second kappa shape index (κ2) is 4.09. The highest BCUT2D eigenvalue weighted by atomic mass is 15.1. The highest BCUT2D eigenvalue weighted by molar-refractivity contribution is 5.12. The molecule has 3 fully saturated rings. The highest BCUT2D eigenvalue weighted by Gasteiger charge is 2.41. The largest absolute Gasteiger partial charge is 0.331 e. The third-order valence-corrected chi connectivity index (χ3v) is 5.53. The van der Waals surface area contributed by atoms with Gasteiger partial charge in [-0.1, -0.05) is 6.42 Å². The first-order chi connectivity index (χ1) is 8.86. The van der Waals surface area contributed by atoms with Gasteiger partial charge in [0.2, 0.25) is 0 Å². The van der Waals surface area contributed by atoms with Gasteiger partial charge in [-0.15, -0.1) is 0 Å². The van der Waals surface area contributed by atoms with Crippen LogP contribution in [0.25, 0.3) is 0 Å². The second-order valence-corrected chi connectivity index (χ2v) is 6.56. The summed E-state index contributed by atoms with van der Waals surface area (Å²) in [5.74, 6) is 0.805. The minimum atomic E-state index is 0.490. The normalized spacial score (nSPS) is 31.0. The van der Waals surface area contributed by atoms with E-state index in [1.165, 1.54) is 63.6 Å². The van der Waals surface area contributed by atoms with E-state index in [4.69, 9.17) is 0 Å². The number of rotatable bonds is 2. The number of hydrogen-bond donors (Lipinski definition) is 1. The third kappa shape index (κ3) is 1.63. The maximum Gasteiger partial charge on any atom is 0.0950 e. The molecular formula is C15H23N3. The fourth-order valence-electron chi connectivity index (χ4n) is 3.99. The van der Waals surface area contributed by atoms with Gasteiger partial charge in [-0.25, -0.2) is 4.98 Å². The number of nitrogens with zero attached hydrogens (tertiary/aromatic N) is 2. The molecular weight excluding hydrogens is 222 g/mol. The van der Waals surface area contributed by atoms with Gasteiger partial charge in [0.15, 0.2) is 0 Å². The van der Waals surface area contributed by atoms with Gasteiger partial charge >= 0.3 is 0 Å². The van der Waals surface area contributed by atoms with E-state index in [1.54, 1.807) is 0 Å². The molecule has 0 bridgehead atoms. The quantitative estimate of drug-likeness (QED) is 0.868. The predicted molar refractivity (Wildman–Crippen MR) is 71.7 cm³/mol. The Balaban J connectivity index is 1.56. The first-order valence-electron chi connectivity index (χ1n) is 7.63. The van der Waals surface area contributed by atoms with Gasteiger partial charge in [-0.2, -0.15) is 0 Å². The maximum absolute atomic E-state index is 4.43. The summed E-state index contributed by atoms with van der Waals surface area (Å²) < 4.78 is 2.52. The number of aromatic nitrogens is 2. The zero-order valence-corrected chi connectivity index (χ0v) is 11.1. The van der Waals surface area contributed by atoms with Crippen molar-refractivity contribution in [2.45, 2.75) is 68.9 Å². The van der Waals surface area contributed by atoms with Crippen molar-refractivity contribution in [1.82, 2.24) is 14.9 Å². The predicted octanol–water partition coefficient (Wildman–Crippen LogP) is 3.00. The molecule has 1 saturated heterocycles. The minimum Gasteiger partial charge on any atom is -0.331 e.